The summed E-state index contributed by atoms with van der Waals surface area (Å²) in [6, 6.07) is 15.3. The van der Waals surface area contributed by atoms with E-state index in [2.05, 4.69) is 15.8 Å². The molecule has 0 heterocycles. The Bertz CT molecular complexity index is 815. The van der Waals surface area contributed by atoms with Crippen LogP contribution in [0.5, 0.6) is 5.75 Å². The molecular formula is C20H24N4O2S. The van der Waals surface area contributed by atoms with E-state index in [-0.39, 0.29) is 12.5 Å². The molecule has 0 aliphatic rings. The van der Waals surface area contributed by atoms with Crippen LogP contribution >= 0.6 is 12.2 Å². The van der Waals surface area contributed by atoms with Gasteiger partial charge in [0.25, 0.3) is 5.91 Å². The van der Waals surface area contributed by atoms with Gasteiger partial charge in [-0.15, -0.1) is 0 Å². The normalized spacial score (nSPS) is 10.9. The lowest BCUT2D eigenvalue weighted by Gasteiger charge is -2.11. The van der Waals surface area contributed by atoms with Crippen LogP contribution in [-0.4, -0.2) is 42.3 Å². The standard InChI is InChI=1S/C20H24N4O2S/c1-14-5-9-17(10-6-14)21-20(27)23-22-15(2)16-7-11-18(12-8-16)26-13-19(25)24(3)4/h5-12H,13H2,1-4H3,(H2,21,23,27)/b22-15-. The van der Waals surface area contributed by atoms with Crippen molar-refractivity contribution in [2.45, 2.75) is 13.8 Å². The zero-order valence-corrected chi connectivity index (χ0v) is 16.8. The van der Waals surface area contributed by atoms with Crippen LogP contribution in [0.1, 0.15) is 18.1 Å². The molecule has 0 fully saturated rings. The van der Waals surface area contributed by atoms with Gasteiger partial charge in [0.15, 0.2) is 11.7 Å². The molecule has 0 aromatic heterocycles. The Balaban J connectivity index is 1.88. The van der Waals surface area contributed by atoms with Gasteiger partial charge >= 0.3 is 0 Å². The van der Waals surface area contributed by atoms with Crippen LogP contribution in [0.4, 0.5) is 5.69 Å². The van der Waals surface area contributed by atoms with Crippen molar-refractivity contribution in [3.05, 3.63) is 59.7 Å². The molecule has 0 bridgehead atoms. The van der Waals surface area contributed by atoms with Crippen LogP contribution in [0.3, 0.4) is 0 Å². The second-order valence-electron chi connectivity index (χ2n) is 6.23. The fourth-order valence-corrected chi connectivity index (χ4v) is 2.23. The lowest BCUT2D eigenvalue weighted by molar-refractivity contribution is -0.130. The van der Waals surface area contributed by atoms with Crippen molar-refractivity contribution >= 4 is 34.6 Å². The monoisotopic (exact) mass is 384 g/mol. The average Bonchev–Trinajstić information content (AvgIpc) is 2.66. The molecule has 0 unspecified atom stereocenters. The first-order chi connectivity index (χ1) is 12.8. The minimum absolute atomic E-state index is 0.0138. The highest BCUT2D eigenvalue weighted by atomic mass is 32.1. The Morgan fingerprint density at radius 2 is 1.74 bits per heavy atom. The average molecular weight is 385 g/mol. The Labute approximate surface area is 165 Å². The summed E-state index contributed by atoms with van der Waals surface area (Å²) in [5.74, 6) is 0.543. The zero-order chi connectivity index (χ0) is 19.8. The number of hydrazone groups is 1. The van der Waals surface area contributed by atoms with Crippen LogP contribution in [0.25, 0.3) is 0 Å². The highest BCUT2D eigenvalue weighted by molar-refractivity contribution is 7.80. The van der Waals surface area contributed by atoms with E-state index in [1.165, 1.54) is 10.5 Å². The molecule has 0 spiro atoms. The minimum atomic E-state index is -0.0874. The molecule has 0 saturated heterocycles. The van der Waals surface area contributed by atoms with Gasteiger partial charge in [-0.05, 0) is 68.0 Å². The van der Waals surface area contributed by atoms with Gasteiger partial charge in [0.1, 0.15) is 5.75 Å². The topological polar surface area (TPSA) is 66.0 Å². The van der Waals surface area contributed by atoms with E-state index >= 15 is 0 Å². The molecule has 142 valence electrons. The van der Waals surface area contributed by atoms with Gasteiger partial charge in [0, 0.05) is 19.8 Å². The van der Waals surface area contributed by atoms with Crippen LogP contribution in [-0.2, 0) is 4.79 Å². The first-order valence-electron chi connectivity index (χ1n) is 8.46. The maximum Gasteiger partial charge on any atom is 0.259 e. The number of ether oxygens (including phenoxy) is 1. The molecule has 0 aliphatic carbocycles. The number of likely N-dealkylation sites (N-methyl/N-ethyl adjacent to an activating group) is 1. The zero-order valence-electron chi connectivity index (χ0n) is 15.9. The predicted molar refractivity (Wildman–Crippen MR) is 113 cm³/mol. The van der Waals surface area contributed by atoms with Crippen molar-refractivity contribution in [1.82, 2.24) is 10.3 Å². The predicted octanol–water partition coefficient (Wildman–Crippen LogP) is 3.17. The molecule has 2 N–H and O–H groups in total. The maximum atomic E-state index is 11.5. The summed E-state index contributed by atoms with van der Waals surface area (Å²) in [5.41, 5.74) is 6.63. The van der Waals surface area contributed by atoms with Crippen molar-refractivity contribution in [3.8, 4) is 5.75 Å². The smallest absolute Gasteiger partial charge is 0.259 e. The number of carbonyl (C=O) groups is 1. The summed E-state index contributed by atoms with van der Waals surface area (Å²) in [7, 11) is 3.39. The molecule has 7 heteroatoms. The van der Waals surface area contributed by atoms with Crippen LogP contribution in [0.2, 0.25) is 0 Å². The number of amides is 1. The van der Waals surface area contributed by atoms with Crippen molar-refractivity contribution in [2.24, 2.45) is 5.10 Å². The van der Waals surface area contributed by atoms with Crippen LogP contribution in [0.15, 0.2) is 53.6 Å². The SMILES string of the molecule is C/C(=N/NC(=S)Nc1ccc(C)cc1)c1ccc(OCC(=O)N(C)C)cc1. The van der Waals surface area contributed by atoms with Crippen molar-refractivity contribution in [1.29, 1.82) is 0 Å². The fraction of sp³-hybridized carbons (Fsp3) is 0.250. The number of hydrogen-bond acceptors (Lipinski definition) is 4. The number of carbonyl (C=O) groups excluding carboxylic acids is 1. The van der Waals surface area contributed by atoms with Gasteiger partial charge < -0.3 is 15.0 Å². The number of thiocarbonyl (C=S) groups is 1. The van der Waals surface area contributed by atoms with E-state index in [9.17, 15) is 4.79 Å². The summed E-state index contributed by atoms with van der Waals surface area (Å²) >= 11 is 5.25. The maximum absolute atomic E-state index is 11.5. The number of rotatable bonds is 6. The molecule has 0 radical (unpaired) electrons. The lowest BCUT2D eigenvalue weighted by Crippen LogP contribution is -2.27. The first-order valence-corrected chi connectivity index (χ1v) is 8.87. The summed E-state index contributed by atoms with van der Waals surface area (Å²) in [6.45, 7) is 3.93. The first kappa shape index (κ1) is 20.4. The minimum Gasteiger partial charge on any atom is -0.484 e. The molecule has 6 nitrogen and oxygen atoms in total. The van der Waals surface area contributed by atoms with Gasteiger partial charge in [-0.2, -0.15) is 5.10 Å². The summed E-state index contributed by atoms with van der Waals surface area (Å²) in [4.78, 5) is 13.0. The Morgan fingerprint density at radius 3 is 2.33 bits per heavy atom. The largest absolute Gasteiger partial charge is 0.484 e. The molecule has 27 heavy (non-hydrogen) atoms. The molecule has 2 rings (SSSR count). The summed E-state index contributed by atoms with van der Waals surface area (Å²) in [5, 5.41) is 7.79. The molecule has 2 aromatic carbocycles. The highest BCUT2D eigenvalue weighted by Crippen LogP contribution is 2.13. The molecule has 2 aromatic rings. The Hall–Kier alpha value is -2.93. The highest BCUT2D eigenvalue weighted by Gasteiger charge is 2.05. The number of nitrogens with one attached hydrogen (secondary N) is 2. The lowest BCUT2D eigenvalue weighted by atomic mass is 10.1. The molecular weight excluding hydrogens is 360 g/mol. The number of benzene rings is 2. The van der Waals surface area contributed by atoms with Gasteiger partial charge in [-0.25, -0.2) is 0 Å². The third kappa shape index (κ3) is 6.71. The third-order valence-electron chi connectivity index (χ3n) is 3.77. The van der Waals surface area contributed by atoms with Crippen molar-refractivity contribution < 1.29 is 9.53 Å². The van der Waals surface area contributed by atoms with E-state index in [4.69, 9.17) is 17.0 Å². The molecule has 0 aliphatic heterocycles. The van der Waals surface area contributed by atoms with Crippen molar-refractivity contribution in [2.75, 3.05) is 26.0 Å². The summed E-state index contributed by atoms with van der Waals surface area (Å²) in [6.07, 6.45) is 0. The second-order valence-corrected chi connectivity index (χ2v) is 6.64. The number of anilines is 1. The fourth-order valence-electron chi connectivity index (χ4n) is 2.06. The van der Waals surface area contributed by atoms with E-state index < -0.39 is 0 Å². The second kappa shape index (κ2) is 9.68. The Kier molecular flexibility index (Phi) is 7.31. The van der Waals surface area contributed by atoms with E-state index in [0.717, 1.165) is 17.0 Å². The van der Waals surface area contributed by atoms with Gasteiger partial charge in [0.2, 0.25) is 0 Å². The molecule has 0 atom stereocenters. The van der Waals surface area contributed by atoms with Crippen molar-refractivity contribution in [3.63, 3.8) is 0 Å². The third-order valence-corrected chi connectivity index (χ3v) is 3.96. The number of aryl methyl sites for hydroxylation is 1. The van der Waals surface area contributed by atoms with Crippen LogP contribution < -0.4 is 15.5 Å². The van der Waals surface area contributed by atoms with Gasteiger partial charge in [0.05, 0.1) is 5.71 Å². The Morgan fingerprint density at radius 1 is 1.11 bits per heavy atom. The summed E-state index contributed by atoms with van der Waals surface area (Å²) < 4.78 is 5.46. The molecule has 0 saturated carbocycles. The number of hydrogen-bond donors (Lipinski definition) is 2. The van der Waals surface area contributed by atoms with E-state index in [0.29, 0.717) is 10.9 Å². The molecule has 1 amide bonds. The quantitative estimate of drug-likeness (QED) is 0.455. The van der Waals surface area contributed by atoms with Gasteiger partial charge in [-0.1, -0.05) is 17.7 Å². The van der Waals surface area contributed by atoms with E-state index in [1.807, 2.05) is 50.2 Å². The van der Waals surface area contributed by atoms with Crippen LogP contribution in [0, 0.1) is 6.92 Å². The van der Waals surface area contributed by atoms with E-state index in [1.54, 1.807) is 26.2 Å². The van der Waals surface area contributed by atoms with Gasteiger partial charge in [-0.3, -0.25) is 10.2 Å². The number of nitrogens with zero attached hydrogens (tertiary/aromatic N) is 2.